The van der Waals surface area contributed by atoms with Gasteiger partial charge in [-0.2, -0.15) is 5.26 Å². The average Bonchev–Trinajstić information content (AvgIpc) is 2.64. The number of carbonyl (C=O) groups is 1. The number of nitriles is 1. The van der Waals surface area contributed by atoms with Gasteiger partial charge in [-0.15, -0.1) is 0 Å². The number of benzene rings is 1. The van der Waals surface area contributed by atoms with Gasteiger partial charge in [0.1, 0.15) is 17.4 Å². The van der Waals surface area contributed by atoms with Crippen LogP contribution < -0.4 is 15.8 Å². The summed E-state index contributed by atoms with van der Waals surface area (Å²) >= 11 is 0. The molecule has 0 atom stereocenters. The predicted molar refractivity (Wildman–Crippen MR) is 97.0 cm³/mol. The topological polar surface area (TPSA) is 94.6 Å². The first-order valence-corrected chi connectivity index (χ1v) is 8.50. The van der Waals surface area contributed by atoms with Crippen molar-refractivity contribution in [2.24, 2.45) is 5.73 Å². The highest BCUT2D eigenvalue weighted by Gasteiger charge is 2.23. The predicted octanol–water partition coefficient (Wildman–Crippen LogP) is 1.01. The first-order valence-electron chi connectivity index (χ1n) is 8.50. The monoisotopic (exact) mass is 343 g/mol. The van der Waals surface area contributed by atoms with Crippen molar-refractivity contribution in [3.05, 3.63) is 36.0 Å². The number of nitrogens with one attached hydrogen (secondary N) is 1. The van der Waals surface area contributed by atoms with E-state index in [1.54, 1.807) is 4.90 Å². The number of rotatable bonds is 7. The lowest BCUT2D eigenvalue weighted by atomic mass is 10.2. The van der Waals surface area contributed by atoms with Crippen molar-refractivity contribution in [2.75, 3.05) is 51.2 Å². The molecule has 0 spiro atoms. The molecular formula is C18H25N5O2. The maximum atomic E-state index is 12.5. The highest BCUT2D eigenvalue weighted by molar-refractivity contribution is 5.97. The van der Waals surface area contributed by atoms with Gasteiger partial charge in [0.15, 0.2) is 0 Å². The molecule has 2 rings (SSSR count). The second-order valence-electron chi connectivity index (χ2n) is 5.67. The molecule has 1 fully saturated rings. The summed E-state index contributed by atoms with van der Waals surface area (Å²) in [5.41, 5.74) is 6.36. The van der Waals surface area contributed by atoms with Crippen molar-refractivity contribution in [1.82, 2.24) is 9.80 Å². The van der Waals surface area contributed by atoms with E-state index in [4.69, 9.17) is 10.5 Å². The van der Waals surface area contributed by atoms with Crippen LogP contribution in [0.1, 0.15) is 6.92 Å². The number of para-hydroxylation sites is 2. The molecule has 7 nitrogen and oxygen atoms in total. The number of nitrogens with zero attached hydrogens (tertiary/aromatic N) is 3. The van der Waals surface area contributed by atoms with E-state index < -0.39 is 0 Å². The van der Waals surface area contributed by atoms with Crippen molar-refractivity contribution in [2.45, 2.75) is 6.92 Å². The number of hydrogen-bond acceptors (Lipinski definition) is 6. The zero-order valence-corrected chi connectivity index (χ0v) is 14.6. The molecule has 1 aliphatic heterocycles. The van der Waals surface area contributed by atoms with E-state index in [2.05, 4.69) is 10.2 Å². The maximum Gasteiger partial charge on any atom is 0.266 e. The van der Waals surface area contributed by atoms with Crippen LogP contribution in [0.2, 0.25) is 0 Å². The van der Waals surface area contributed by atoms with Gasteiger partial charge >= 0.3 is 0 Å². The minimum absolute atomic E-state index is 0.0820. The largest absolute Gasteiger partial charge is 0.492 e. The minimum atomic E-state index is -0.253. The first-order chi connectivity index (χ1) is 12.2. The van der Waals surface area contributed by atoms with E-state index in [0.717, 1.165) is 25.3 Å². The van der Waals surface area contributed by atoms with E-state index in [1.165, 1.54) is 6.20 Å². The summed E-state index contributed by atoms with van der Waals surface area (Å²) < 4.78 is 5.53. The van der Waals surface area contributed by atoms with Gasteiger partial charge in [-0.3, -0.25) is 9.69 Å². The van der Waals surface area contributed by atoms with Gasteiger partial charge in [0.05, 0.1) is 12.3 Å². The number of anilines is 1. The number of hydrogen-bond donors (Lipinski definition) is 2. The third-order valence-electron chi connectivity index (χ3n) is 4.01. The third-order valence-corrected chi connectivity index (χ3v) is 4.01. The van der Waals surface area contributed by atoms with Crippen LogP contribution in [0.5, 0.6) is 5.75 Å². The fraction of sp³-hybridized carbons (Fsp3) is 0.444. The molecule has 0 radical (unpaired) electrons. The van der Waals surface area contributed by atoms with Crippen LogP contribution in [-0.4, -0.2) is 61.6 Å². The van der Waals surface area contributed by atoms with Gasteiger partial charge in [-0.1, -0.05) is 12.1 Å². The first kappa shape index (κ1) is 18.8. The Hall–Kier alpha value is -2.56. The lowest BCUT2D eigenvalue weighted by Gasteiger charge is -2.34. The van der Waals surface area contributed by atoms with Crippen molar-refractivity contribution in [3.8, 4) is 11.8 Å². The van der Waals surface area contributed by atoms with E-state index in [9.17, 15) is 10.1 Å². The highest BCUT2D eigenvalue weighted by atomic mass is 16.5. The molecule has 25 heavy (non-hydrogen) atoms. The summed E-state index contributed by atoms with van der Waals surface area (Å²) in [4.78, 5) is 16.5. The highest BCUT2D eigenvalue weighted by Crippen LogP contribution is 2.24. The standard InChI is InChI=1S/C18H25N5O2/c1-2-25-17-6-4-3-5-16(17)21-14-15(13-20)18(24)23-11-9-22(8-7-19)10-12-23/h3-6,14,21H,2,7-12,19H2,1H3/b15-14-. The average molecular weight is 343 g/mol. The lowest BCUT2D eigenvalue weighted by Crippen LogP contribution is -2.50. The molecule has 0 aromatic heterocycles. The molecule has 0 unspecified atom stereocenters. The second kappa shape index (κ2) is 9.67. The molecule has 1 aliphatic rings. The molecule has 7 heteroatoms. The lowest BCUT2D eigenvalue weighted by molar-refractivity contribution is -0.128. The van der Waals surface area contributed by atoms with Gasteiger partial charge in [0.25, 0.3) is 5.91 Å². The number of carbonyl (C=O) groups excluding carboxylic acids is 1. The Labute approximate surface area is 148 Å². The summed E-state index contributed by atoms with van der Waals surface area (Å²) in [7, 11) is 0. The van der Waals surface area contributed by atoms with Crippen LogP contribution in [0.4, 0.5) is 5.69 Å². The van der Waals surface area contributed by atoms with Crippen LogP contribution in [-0.2, 0) is 4.79 Å². The van der Waals surface area contributed by atoms with Crippen molar-refractivity contribution in [1.29, 1.82) is 5.26 Å². The Balaban J connectivity index is 2.01. The Morgan fingerprint density at radius 2 is 2.08 bits per heavy atom. The molecule has 3 N–H and O–H groups in total. The fourth-order valence-electron chi connectivity index (χ4n) is 2.69. The van der Waals surface area contributed by atoms with E-state index >= 15 is 0 Å². The number of amides is 1. The van der Waals surface area contributed by atoms with Gasteiger partial charge in [-0.25, -0.2) is 0 Å². The molecule has 1 heterocycles. The summed E-state index contributed by atoms with van der Waals surface area (Å²) in [6.45, 7) is 6.66. The zero-order valence-electron chi connectivity index (χ0n) is 14.6. The van der Waals surface area contributed by atoms with Crippen LogP contribution in [0.15, 0.2) is 36.0 Å². The normalized spacial score (nSPS) is 15.6. The van der Waals surface area contributed by atoms with Crippen LogP contribution in [0, 0.1) is 11.3 Å². The van der Waals surface area contributed by atoms with Crippen molar-refractivity contribution < 1.29 is 9.53 Å². The smallest absolute Gasteiger partial charge is 0.266 e. The summed E-state index contributed by atoms with van der Waals surface area (Å²) in [5, 5.41) is 12.4. The maximum absolute atomic E-state index is 12.5. The fourth-order valence-corrected chi connectivity index (χ4v) is 2.69. The van der Waals surface area contributed by atoms with Gasteiger partial charge < -0.3 is 20.7 Å². The SMILES string of the molecule is CCOc1ccccc1N/C=C(/C#N)C(=O)N1CCN(CCN)CC1. The summed E-state index contributed by atoms with van der Waals surface area (Å²) in [5.74, 6) is 0.428. The quantitative estimate of drug-likeness (QED) is 0.567. The van der Waals surface area contributed by atoms with Gasteiger partial charge in [-0.05, 0) is 19.1 Å². The number of nitrogens with two attached hydrogens (primary N) is 1. The van der Waals surface area contributed by atoms with Crippen LogP contribution >= 0.6 is 0 Å². The molecule has 1 saturated heterocycles. The molecule has 1 aromatic rings. The van der Waals surface area contributed by atoms with E-state index in [1.807, 2.05) is 37.3 Å². The Morgan fingerprint density at radius 3 is 2.72 bits per heavy atom. The van der Waals surface area contributed by atoms with Crippen LogP contribution in [0.25, 0.3) is 0 Å². The zero-order chi connectivity index (χ0) is 18.1. The number of ether oxygens (including phenoxy) is 1. The Bertz CT molecular complexity index is 645. The van der Waals surface area contributed by atoms with E-state index in [-0.39, 0.29) is 11.5 Å². The van der Waals surface area contributed by atoms with Gasteiger partial charge in [0.2, 0.25) is 0 Å². The third kappa shape index (κ3) is 5.21. The van der Waals surface area contributed by atoms with Crippen molar-refractivity contribution >= 4 is 11.6 Å². The van der Waals surface area contributed by atoms with E-state index in [0.29, 0.717) is 32.0 Å². The van der Waals surface area contributed by atoms with Crippen molar-refractivity contribution in [3.63, 3.8) is 0 Å². The molecule has 0 saturated carbocycles. The molecule has 0 aliphatic carbocycles. The Kier molecular flexibility index (Phi) is 7.26. The molecular weight excluding hydrogens is 318 g/mol. The van der Waals surface area contributed by atoms with Crippen LogP contribution in [0.3, 0.4) is 0 Å². The second-order valence-corrected chi connectivity index (χ2v) is 5.67. The molecule has 0 bridgehead atoms. The molecule has 1 aromatic carbocycles. The van der Waals surface area contributed by atoms with Gasteiger partial charge in [0, 0.05) is 45.5 Å². The Morgan fingerprint density at radius 1 is 1.36 bits per heavy atom. The molecule has 1 amide bonds. The minimum Gasteiger partial charge on any atom is -0.492 e. The summed E-state index contributed by atoms with van der Waals surface area (Å²) in [6.07, 6.45) is 1.45. The number of piperazine rings is 1. The molecule has 134 valence electrons. The summed E-state index contributed by atoms with van der Waals surface area (Å²) in [6, 6.07) is 9.40.